The highest BCUT2D eigenvalue weighted by atomic mass is 32.2. The molecule has 2 aromatic carbocycles. The molecule has 6 nitrogen and oxygen atoms in total. The van der Waals surface area contributed by atoms with E-state index in [9.17, 15) is 0 Å². The molecule has 1 aliphatic rings. The zero-order valence-electron chi connectivity index (χ0n) is 15.5. The summed E-state index contributed by atoms with van der Waals surface area (Å²) in [5.74, 6) is 1.59. The summed E-state index contributed by atoms with van der Waals surface area (Å²) in [7, 11) is 0. The van der Waals surface area contributed by atoms with Gasteiger partial charge in [-0.15, -0.1) is 46.2 Å². The van der Waals surface area contributed by atoms with E-state index in [-0.39, 0.29) is 11.7 Å². The molecule has 0 aliphatic carbocycles. The van der Waals surface area contributed by atoms with Gasteiger partial charge in [-0.25, -0.2) is 9.97 Å². The Labute approximate surface area is 188 Å². The molecular formula is C20H15N5OS4. The summed E-state index contributed by atoms with van der Waals surface area (Å²) < 4.78 is 3.24. The van der Waals surface area contributed by atoms with Gasteiger partial charge in [-0.2, -0.15) is 0 Å². The van der Waals surface area contributed by atoms with Crippen molar-refractivity contribution in [3.8, 4) is 0 Å². The minimum Gasteiger partial charge on any atom is -0.380 e. The van der Waals surface area contributed by atoms with Crippen molar-refractivity contribution in [2.75, 3.05) is 0 Å². The summed E-state index contributed by atoms with van der Waals surface area (Å²) in [5, 5.41) is 13.9. The second-order valence-corrected chi connectivity index (χ2v) is 10.7. The van der Waals surface area contributed by atoms with Crippen LogP contribution in [0.15, 0.2) is 63.5 Å². The van der Waals surface area contributed by atoms with E-state index in [2.05, 4.69) is 17.3 Å². The van der Waals surface area contributed by atoms with E-state index in [0.29, 0.717) is 17.1 Å². The molecule has 0 radical (unpaired) electrons. The normalized spacial score (nSPS) is 13.8. The number of aromatic nitrogens is 2. The maximum Gasteiger partial charge on any atom is 0.254 e. The topological polar surface area (TPSA) is 97.2 Å². The van der Waals surface area contributed by atoms with Crippen molar-refractivity contribution in [2.45, 2.75) is 11.5 Å². The Kier molecular flexibility index (Phi) is 5.47. The zero-order chi connectivity index (χ0) is 20.5. The predicted molar refractivity (Wildman–Crippen MR) is 129 cm³/mol. The van der Waals surface area contributed by atoms with Crippen LogP contribution in [0.5, 0.6) is 0 Å². The Hall–Kier alpha value is -2.40. The van der Waals surface area contributed by atoms with Gasteiger partial charge in [0, 0.05) is 0 Å². The van der Waals surface area contributed by atoms with Crippen molar-refractivity contribution in [3.63, 3.8) is 0 Å². The SMILES string of the molecule is N=C1ON=C(N)C1=C(SCc1nc2ccccc2s1)SCc1nc2ccccc2s1. The van der Waals surface area contributed by atoms with Crippen LogP contribution in [0.4, 0.5) is 0 Å². The maximum atomic E-state index is 8.08. The molecule has 2 aromatic heterocycles. The lowest BCUT2D eigenvalue weighted by Gasteiger charge is -2.08. The van der Waals surface area contributed by atoms with Gasteiger partial charge in [0.1, 0.15) is 15.6 Å². The number of nitrogens with two attached hydrogens (primary N) is 1. The molecule has 0 bridgehead atoms. The smallest absolute Gasteiger partial charge is 0.254 e. The number of oxime groups is 1. The summed E-state index contributed by atoms with van der Waals surface area (Å²) in [5.41, 5.74) is 8.57. The van der Waals surface area contributed by atoms with Crippen LogP contribution in [0.2, 0.25) is 0 Å². The maximum absolute atomic E-state index is 8.08. The third-order valence-corrected chi connectivity index (χ3v) is 9.17. The predicted octanol–water partition coefficient (Wildman–Crippen LogP) is 5.56. The number of benzene rings is 2. The number of thioether (sulfide) groups is 2. The Morgan fingerprint density at radius 2 is 1.43 bits per heavy atom. The van der Waals surface area contributed by atoms with Crippen LogP contribution in [0.25, 0.3) is 20.4 Å². The number of hydrogen-bond acceptors (Lipinski definition) is 10. The fourth-order valence-corrected chi connectivity index (χ4v) is 7.26. The van der Waals surface area contributed by atoms with Gasteiger partial charge in [0.25, 0.3) is 5.90 Å². The van der Waals surface area contributed by atoms with Crippen molar-refractivity contribution in [1.29, 1.82) is 5.41 Å². The van der Waals surface area contributed by atoms with Crippen molar-refractivity contribution in [1.82, 2.24) is 9.97 Å². The second kappa shape index (κ2) is 8.38. The Morgan fingerprint density at radius 1 is 0.900 bits per heavy atom. The molecule has 0 unspecified atom stereocenters. The van der Waals surface area contributed by atoms with Crippen LogP contribution < -0.4 is 5.73 Å². The quantitative estimate of drug-likeness (QED) is 0.383. The lowest BCUT2D eigenvalue weighted by atomic mass is 10.3. The zero-order valence-corrected chi connectivity index (χ0v) is 18.8. The molecule has 0 atom stereocenters. The lowest BCUT2D eigenvalue weighted by Crippen LogP contribution is -2.15. The molecule has 3 N–H and O–H groups in total. The molecule has 3 heterocycles. The molecule has 0 fully saturated rings. The van der Waals surface area contributed by atoms with Gasteiger partial charge in [0.15, 0.2) is 5.84 Å². The third-order valence-electron chi connectivity index (χ3n) is 4.25. The average Bonchev–Trinajstić information content (AvgIpc) is 3.45. The van der Waals surface area contributed by atoms with Crippen LogP contribution in [-0.4, -0.2) is 21.7 Å². The van der Waals surface area contributed by atoms with Gasteiger partial charge in [-0.05, 0) is 24.3 Å². The number of fused-ring (bicyclic) bond motifs is 2. The minimum absolute atomic E-state index is 0.0175. The largest absolute Gasteiger partial charge is 0.380 e. The molecule has 5 rings (SSSR count). The molecule has 0 saturated heterocycles. The van der Waals surface area contributed by atoms with E-state index >= 15 is 0 Å². The lowest BCUT2D eigenvalue weighted by molar-refractivity contribution is 0.338. The highest BCUT2D eigenvalue weighted by molar-refractivity contribution is 8.21. The number of hydrogen-bond donors (Lipinski definition) is 2. The van der Waals surface area contributed by atoms with E-state index in [1.165, 1.54) is 9.40 Å². The van der Waals surface area contributed by atoms with Crippen molar-refractivity contribution in [2.24, 2.45) is 10.9 Å². The summed E-state index contributed by atoms with van der Waals surface area (Å²) in [4.78, 5) is 14.4. The standard InChI is InChI=1S/C20H15N5OS4/c21-18-17(19(22)26-25-18)20(27-9-15-23-11-5-1-3-7-13(11)29-15)28-10-16-24-12-6-2-4-8-14(12)30-16/h1-8,22H,9-10H2,(H2,21,25). The monoisotopic (exact) mass is 469 g/mol. The number of nitrogens with one attached hydrogen (secondary N) is 1. The van der Waals surface area contributed by atoms with Gasteiger partial charge < -0.3 is 10.6 Å². The molecule has 0 spiro atoms. The summed E-state index contributed by atoms with van der Waals surface area (Å²) in [6.07, 6.45) is 0. The van der Waals surface area contributed by atoms with E-state index in [1.54, 1.807) is 46.2 Å². The van der Waals surface area contributed by atoms with Gasteiger partial charge in [0.05, 0.1) is 36.2 Å². The summed E-state index contributed by atoms with van der Waals surface area (Å²) in [6.45, 7) is 0. The third kappa shape index (κ3) is 3.95. The molecule has 30 heavy (non-hydrogen) atoms. The first-order valence-electron chi connectivity index (χ1n) is 8.96. The van der Waals surface area contributed by atoms with Gasteiger partial charge >= 0.3 is 0 Å². The van der Waals surface area contributed by atoms with Crippen LogP contribution in [0, 0.1) is 5.41 Å². The number of rotatable bonds is 6. The van der Waals surface area contributed by atoms with Gasteiger partial charge in [-0.1, -0.05) is 29.4 Å². The first-order valence-corrected chi connectivity index (χ1v) is 12.6. The molecule has 4 aromatic rings. The molecule has 10 heteroatoms. The second-order valence-electron chi connectivity index (χ2n) is 6.29. The summed E-state index contributed by atoms with van der Waals surface area (Å²) in [6, 6.07) is 16.2. The van der Waals surface area contributed by atoms with E-state index in [4.69, 9.17) is 25.9 Å². The number of para-hydroxylation sites is 2. The van der Waals surface area contributed by atoms with Crippen LogP contribution in [0.3, 0.4) is 0 Å². The Morgan fingerprint density at radius 3 is 1.90 bits per heavy atom. The minimum atomic E-state index is -0.0175. The van der Waals surface area contributed by atoms with Crippen molar-refractivity contribution < 1.29 is 4.84 Å². The summed E-state index contributed by atoms with van der Waals surface area (Å²) >= 11 is 6.57. The molecule has 0 amide bonds. The van der Waals surface area contributed by atoms with Crippen molar-refractivity contribution >= 4 is 78.4 Å². The van der Waals surface area contributed by atoms with Crippen LogP contribution in [-0.2, 0) is 16.3 Å². The molecule has 0 saturated carbocycles. The average molecular weight is 470 g/mol. The van der Waals surface area contributed by atoms with E-state index in [1.807, 2.05) is 36.4 Å². The first kappa shape index (κ1) is 19.6. The molecular weight excluding hydrogens is 455 g/mol. The van der Waals surface area contributed by atoms with E-state index in [0.717, 1.165) is 25.3 Å². The molecule has 150 valence electrons. The fraction of sp³-hybridized carbons (Fsp3) is 0.100. The van der Waals surface area contributed by atoms with Crippen molar-refractivity contribution in [3.05, 3.63) is 68.4 Å². The number of thiazole rings is 2. The van der Waals surface area contributed by atoms with Crippen LogP contribution >= 0.6 is 46.2 Å². The number of nitrogens with zero attached hydrogens (tertiary/aromatic N) is 3. The van der Waals surface area contributed by atoms with Gasteiger partial charge in [0.2, 0.25) is 0 Å². The Bertz CT molecular complexity index is 1180. The van der Waals surface area contributed by atoms with E-state index < -0.39 is 0 Å². The highest BCUT2D eigenvalue weighted by Crippen LogP contribution is 2.39. The molecule has 1 aliphatic heterocycles. The Balaban J connectivity index is 1.38. The number of amidine groups is 1. The fourth-order valence-electron chi connectivity index (χ4n) is 2.90. The first-order chi connectivity index (χ1) is 14.7. The highest BCUT2D eigenvalue weighted by Gasteiger charge is 2.25. The van der Waals surface area contributed by atoms with Gasteiger partial charge in [-0.3, -0.25) is 5.41 Å². The van der Waals surface area contributed by atoms with Crippen LogP contribution in [0.1, 0.15) is 10.0 Å².